The number of nitrogens with two attached hydrogens (primary N) is 1. The van der Waals surface area contributed by atoms with E-state index in [4.69, 9.17) is 5.73 Å². The van der Waals surface area contributed by atoms with Crippen LogP contribution in [0.4, 0.5) is 0 Å². The zero-order chi connectivity index (χ0) is 10.7. The summed E-state index contributed by atoms with van der Waals surface area (Å²) < 4.78 is 0. The summed E-state index contributed by atoms with van der Waals surface area (Å²) in [6.07, 6.45) is 1.20. The molecule has 1 aliphatic heterocycles. The van der Waals surface area contributed by atoms with E-state index in [1.807, 2.05) is 0 Å². The molecule has 2 unspecified atom stereocenters. The topological polar surface area (TPSA) is 38.0 Å². The molecule has 2 rings (SSSR count). The lowest BCUT2D eigenvalue weighted by Gasteiger charge is -2.32. The van der Waals surface area contributed by atoms with Gasteiger partial charge in [0.15, 0.2) is 0 Å². The fraction of sp³-hybridized carbons (Fsp3) is 0.538. The van der Waals surface area contributed by atoms with Gasteiger partial charge in [0, 0.05) is 12.5 Å². The van der Waals surface area contributed by atoms with Crippen molar-refractivity contribution >= 4 is 0 Å². The van der Waals surface area contributed by atoms with Gasteiger partial charge in [-0.2, -0.15) is 0 Å². The van der Waals surface area contributed by atoms with Gasteiger partial charge in [-0.1, -0.05) is 24.3 Å². The van der Waals surface area contributed by atoms with Crippen LogP contribution in [0.3, 0.4) is 0 Å². The van der Waals surface area contributed by atoms with Crippen molar-refractivity contribution in [1.82, 2.24) is 5.32 Å². The van der Waals surface area contributed by atoms with Crippen LogP contribution in [0.2, 0.25) is 0 Å². The van der Waals surface area contributed by atoms with Gasteiger partial charge in [0.1, 0.15) is 0 Å². The first-order valence-corrected chi connectivity index (χ1v) is 5.79. The SMILES string of the molecule is Cc1ccccc1C1CNCCC1CN. The molecule has 1 aromatic carbocycles. The third kappa shape index (κ3) is 2.21. The molecule has 2 heteroatoms. The molecule has 0 bridgehead atoms. The number of hydrogen-bond donors (Lipinski definition) is 2. The van der Waals surface area contributed by atoms with E-state index < -0.39 is 0 Å². The number of piperidine rings is 1. The second-order valence-corrected chi connectivity index (χ2v) is 4.45. The Morgan fingerprint density at radius 3 is 2.93 bits per heavy atom. The van der Waals surface area contributed by atoms with E-state index in [2.05, 4.69) is 36.5 Å². The van der Waals surface area contributed by atoms with E-state index in [0.717, 1.165) is 19.6 Å². The number of hydrogen-bond acceptors (Lipinski definition) is 2. The Labute approximate surface area is 91.9 Å². The maximum atomic E-state index is 5.85. The van der Waals surface area contributed by atoms with Gasteiger partial charge in [0.25, 0.3) is 0 Å². The van der Waals surface area contributed by atoms with E-state index in [1.165, 1.54) is 17.5 Å². The molecule has 0 radical (unpaired) electrons. The first-order chi connectivity index (χ1) is 7.33. The van der Waals surface area contributed by atoms with Crippen LogP contribution in [0, 0.1) is 12.8 Å². The summed E-state index contributed by atoms with van der Waals surface area (Å²) in [7, 11) is 0. The van der Waals surface area contributed by atoms with Crippen molar-refractivity contribution in [1.29, 1.82) is 0 Å². The monoisotopic (exact) mass is 204 g/mol. The third-order valence-corrected chi connectivity index (χ3v) is 3.52. The molecule has 15 heavy (non-hydrogen) atoms. The molecule has 1 fully saturated rings. The van der Waals surface area contributed by atoms with Gasteiger partial charge in [0.05, 0.1) is 0 Å². The Bertz CT molecular complexity index is 322. The Balaban J connectivity index is 2.24. The first-order valence-electron chi connectivity index (χ1n) is 5.79. The highest BCUT2D eigenvalue weighted by Gasteiger charge is 2.25. The van der Waals surface area contributed by atoms with Crippen LogP contribution < -0.4 is 11.1 Å². The highest BCUT2D eigenvalue weighted by molar-refractivity contribution is 5.30. The summed E-state index contributed by atoms with van der Waals surface area (Å²) >= 11 is 0. The van der Waals surface area contributed by atoms with Crippen molar-refractivity contribution in [2.24, 2.45) is 11.7 Å². The molecular weight excluding hydrogens is 184 g/mol. The fourth-order valence-corrected chi connectivity index (χ4v) is 2.56. The van der Waals surface area contributed by atoms with Crippen LogP contribution in [-0.4, -0.2) is 19.6 Å². The second kappa shape index (κ2) is 4.77. The van der Waals surface area contributed by atoms with E-state index in [9.17, 15) is 0 Å². The molecule has 3 N–H and O–H groups in total. The lowest BCUT2D eigenvalue weighted by molar-refractivity contribution is 0.330. The van der Waals surface area contributed by atoms with Crippen molar-refractivity contribution < 1.29 is 0 Å². The van der Waals surface area contributed by atoms with Crippen molar-refractivity contribution in [3.8, 4) is 0 Å². The minimum Gasteiger partial charge on any atom is -0.330 e. The molecule has 0 amide bonds. The van der Waals surface area contributed by atoms with Gasteiger partial charge in [-0.3, -0.25) is 0 Å². The Morgan fingerprint density at radius 2 is 2.20 bits per heavy atom. The number of nitrogens with one attached hydrogen (secondary N) is 1. The minimum atomic E-state index is 0.602. The van der Waals surface area contributed by atoms with Crippen molar-refractivity contribution in [2.45, 2.75) is 19.3 Å². The molecule has 0 saturated carbocycles. The maximum absolute atomic E-state index is 5.85. The van der Waals surface area contributed by atoms with Gasteiger partial charge in [-0.05, 0) is 43.5 Å². The standard InChI is InChI=1S/C13H20N2/c1-10-4-2-3-5-12(10)13-9-15-7-6-11(13)8-14/h2-5,11,13,15H,6-9,14H2,1H3. The Kier molecular flexibility index (Phi) is 3.39. The summed E-state index contributed by atoms with van der Waals surface area (Å²) in [6, 6.07) is 8.67. The smallest absolute Gasteiger partial charge is 0.00234 e. The summed E-state index contributed by atoms with van der Waals surface area (Å²) in [5.74, 6) is 1.25. The van der Waals surface area contributed by atoms with Gasteiger partial charge in [-0.15, -0.1) is 0 Å². The predicted octanol–water partition coefficient (Wildman–Crippen LogP) is 1.65. The average Bonchev–Trinajstić information content (AvgIpc) is 2.30. The quantitative estimate of drug-likeness (QED) is 0.768. The summed E-state index contributed by atoms with van der Waals surface area (Å²) in [4.78, 5) is 0. The normalized spacial score (nSPS) is 26.5. The van der Waals surface area contributed by atoms with Gasteiger partial charge < -0.3 is 11.1 Å². The van der Waals surface area contributed by atoms with Gasteiger partial charge in [-0.25, -0.2) is 0 Å². The zero-order valence-electron chi connectivity index (χ0n) is 9.37. The number of benzene rings is 1. The highest BCUT2D eigenvalue weighted by Crippen LogP contribution is 2.30. The summed E-state index contributed by atoms with van der Waals surface area (Å²) in [6.45, 7) is 5.19. The van der Waals surface area contributed by atoms with Crippen molar-refractivity contribution in [2.75, 3.05) is 19.6 Å². The molecule has 2 nitrogen and oxygen atoms in total. The van der Waals surface area contributed by atoms with E-state index in [0.29, 0.717) is 11.8 Å². The molecule has 2 atom stereocenters. The van der Waals surface area contributed by atoms with Crippen LogP contribution in [0.25, 0.3) is 0 Å². The Morgan fingerprint density at radius 1 is 1.40 bits per heavy atom. The average molecular weight is 204 g/mol. The predicted molar refractivity (Wildman–Crippen MR) is 64.0 cm³/mol. The number of aryl methyl sites for hydroxylation is 1. The molecule has 1 aliphatic rings. The van der Waals surface area contributed by atoms with Crippen LogP contribution in [0.15, 0.2) is 24.3 Å². The third-order valence-electron chi connectivity index (χ3n) is 3.52. The Hall–Kier alpha value is -0.860. The van der Waals surface area contributed by atoms with Crippen LogP contribution in [0.1, 0.15) is 23.5 Å². The molecule has 0 aromatic heterocycles. The minimum absolute atomic E-state index is 0.602. The number of rotatable bonds is 2. The molecular formula is C13H20N2. The van der Waals surface area contributed by atoms with Gasteiger partial charge >= 0.3 is 0 Å². The molecule has 0 spiro atoms. The van der Waals surface area contributed by atoms with E-state index >= 15 is 0 Å². The van der Waals surface area contributed by atoms with Gasteiger partial charge in [0.2, 0.25) is 0 Å². The largest absolute Gasteiger partial charge is 0.330 e. The van der Waals surface area contributed by atoms with Crippen LogP contribution in [0.5, 0.6) is 0 Å². The van der Waals surface area contributed by atoms with Crippen molar-refractivity contribution in [3.63, 3.8) is 0 Å². The molecule has 1 saturated heterocycles. The summed E-state index contributed by atoms with van der Waals surface area (Å²) in [5.41, 5.74) is 8.72. The van der Waals surface area contributed by atoms with Crippen LogP contribution >= 0.6 is 0 Å². The lowest BCUT2D eigenvalue weighted by atomic mass is 9.80. The van der Waals surface area contributed by atoms with Crippen molar-refractivity contribution in [3.05, 3.63) is 35.4 Å². The zero-order valence-corrected chi connectivity index (χ0v) is 9.37. The molecule has 1 heterocycles. The van der Waals surface area contributed by atoms with Crippen LogP contribution in [-0.2, 0) is 0 Å². The maximum Gasteiger partial charge on any atom is 0.00234 e. The first kappa shape index (κ1) is 10.7. The second-order valence-electron chi connectivity index (χ2n) is 4.45. The molecule has 0 aliphatic carbocycles. The highest BCUT2D eigenvalue weighted by atomic mass is 14.9. The lowest BCUT2D eigenvalue weighted by Crippen LogP contribution is -2.38. The molecule has 82 valence electrons. The van der Waals surface area contributed by atoms with E-state index in [-0.39, 0.29) is 0 Å². The fourth-order valence-electron chi connectivity index (χ4n) is 2.56. The molecule has 1 aromatic rings. The van der Waals surface area contributed by atoms with E-state index in [1.54, 1.807) is 0 Å². The summed E-state index contributed by atoms with van der Waals surface area (Å²) in [5, 5.41) is 3.47.